The van der Waals surface area contributed by atoms with Crippen molar-refractivity contribution >= 4 is 5.91 Å². The molecule has 0 aliphatic heterocycles. The molecule has 2 unspecified atom stereocenters. The van der Waals surface area contributed by atoms with Crippen molar-refractivity contribution in [1.82, 2.24) is 15.5 Å². The summed E-state index contributed by atoms with van der Waals surface area (Å²) in [7, 11) is 0. The molecular formula is C19H24FN3O2. The molecule has 1 aliphatic rings. The number of benzene rings is 1. The van der Waals surface area contributed by atoms with Gasteiger partial charge >= 0.3 is 0 Å². The molecule has 25 heavy (non-hydrogen) atoms. The Kier molecular flexibility index (Phi) is 5.16. The average molecular weight is 345 g/mol. The van der Waals surface area contributed by atoms with Crippen molar-refractivity contribution in [3.05, 3.63) is 47.4 Å². The summed E-state index contributed by atoms with van der Waals surface area (Å²) in [5.74, 6) is 0.980. The second-order valence-electron chi connectivity index (χ2n) is 7.22. The number of nitrogens with one attached hydrogen (secondary N) is 1. The lowest BCUT2D eigenvalue weighted by Gasteiger charge is -2.22. The topological polar surface area (TPSA) is 68.0 Å². The summed E-state index contributed by atoms with van der Waals surface area (Å²) in [4.78, 5) is 13.0. The largest absolute Gasteiger partial charge is 0.423 e. The summed E-state index contributed by atoms with van der Waals surface area (Å²) in [5, 5.41) is 11.0. The molecule has 1 amide bonds. The van der Waals surface area contributed by atoms with E-state index in [9.17, 15) is 9.18 Å². The maximum absolute atomic E-state index is 13.2. The molecule has 1 heterocycles. The lowest BCUT2D eigenvalue weighted by Crippen LogP contribution is -2.34. The normalized spacial score (nSPS) is 16.7. The first-order valence-electron chi connectivity index (χ1n) is 8.80. The first-order valence-corrected chi connectivity index (χ1v) is 8.80. The number of amides is 1. The summed E-state index contributed by atoms with van der Waals surface area (Å²) in [5.41, 5.74) is 0.853. The van der Waals surface area contributed by atoms with Crippen molar-refractivity contribution in [3.8, 4) is 0 Å². The second kappa shape index (κ2) is 7.33. The molecule has 1 N–H and O–H groups in total. The van der Waals surface area contributed by atoms with Gasteiger partial charge in [-0.05, 0) is 48.8 Å². The highest BCUT2D eigenvalue weighted by molar-refractivity contribution is 5.84. The van der Waals surface area contributed by atoms with E-state index >= 15 is 0 Å². The van der Waals surface area contributed by atoms with Crippen LogP contribution in [0.15, 0.2) is 28.7 Å². The lowest BCUT2D eigenvalue weighted by molar-refractivity contribution is -0.124. The third-order valence-corrected chi connectivity index (χ3v) is 4.47. The molecule has 134 valence electrons. The predicted octanol–water partition coefficient (Wildman–Crippen LogP) is 3.91. The van der Waals surface area contributed by atoms with E-state index in [1.54, 1.807) is 19.1 Å². The zero-order chi connectivity index (χ0) is 18.0. The monoisotopic (exact) mass is 345 g/mol. The van der Waals surface area contributed by atoms with Crippen LogP contribution in [0.25, 0.3) is 0 Å². The number of rotatable bonds is 7. The Balaban J connectivity index is 1.79. The highest BCUT2D eigenvalue weighted by atomic mass is 19.1. The molecule has 0 spiro atoms. The fraction of sp³-hybridized carbons (Fsp3) is 0.526. The Morgan fingerprint density at radius 3 is 2.48 bits per heavy atom. The minimum absolute atomic E-state index is 0.0596. The molecule has 1 saturated carbocycles. The third kappa shape index (κ3) is 4.44. The van der Waals surface area contributed by atoms with Gasteiger partial charge in [-0.3, -0.25) is 4.79 Å². The Hall–Kier alpha value is -2.24. The van der Waals surface area contributed by atoms with E-state index in [0.29, 0.717) is 30.0 Å². The molecular weight excluding hydrogens is 321 g/mol. The van der Waals surface area contributed by atoms with E-state index in [-0.39, 0.29) is 23.7 Å². The molecule has 1 fully saturated rings. The van der Waals surface area contributed by atoms with E-state index in [4.69, 9.17) is 4.42 Å². The second-order valence-corrected chi connectivity index (χ2v) is 7.22. The van der Waals surface area contributed by atoms with Crippen LogP contribution in [0.1, 0.15) is 62.4 Å². The number of nitrogens with zero attached hydrogens (tertiary/aromatic N) is 2. The number of halogens is 1. The fourth-order valence-corrected chi connectivity index (χ4v) is 3.14. The van der Waals surface area contributed by atoms with Crippen molar-refractivity contribution < 1.29 is 13.6 Å². The number of aryl methyl sites for hydroxylation is 1. The van der Waals surface area contributed by atoms with E-state index < -0.39 is 0 Å². The predicted molar refractivity (Wildman–Crippen MR) is 91.2 cm³/mol. The zero-order valence-corrected chi connectivity index (χ0v) is 14.8. The molecule has 1 aromatic carbocycles. The highest BCUT2D eigenvalue weighted by Gasteiger charge is 2.38. The van der Waals surface area contributed by atoms with E-state index in [1.807, 2.05) is 0 Å². The minimum atomic E-state index is -0.310. The van der Waals surface area contributed by atoms with E-state index in [0.717, 1.165) is 18.4 Å². The Morgan fingerprint density at radius 2 is 1.96 bits per heavy atom. The van der Waals surface area contributed by atoms with Crippen molar-refractivity contribution in [3.63, 3.8) is 0 Å². The summed E-state index contributed by atoms with van der Waals surface area (Å²) in [6.45, 7) is 5.90. The van der Waals surface area contributed by atoms with Crippen LogP contribution in [0.5, 0.6) is 0 Å². The average Bonchev–Trinajstić information content (AvgIpc) is 3.28. The number of carbonyl (C=O) groups excluding carboxylic acids is 1. The fourth-order valence-electron chi connectivity index (χ4n) is 3.14. The van der Waals surface area contributed by atoms with Gasteiger partial charge in [-0.25, -0.2) is 4.39 Å². The summed E-state index contributed by atoms with van der Waals surface area (Å²) >= 11 is 0. The van der Waals surface area contributed by atoms with Gasteiger partial charge in [-0.15, -0.1) is 10.2 Å². The first kappa shape index (κ1) is 17.6. The number of aromatic nitrogens is 2. The van der Waals surface area contributed by atoms with Crippen LogP contribution < -0.4 is 5.32 Å². The summed E-state index contributed by atoms with van der Waals surface area (Å²) in [6.07, 6.45) is 2.75. The van der Waals surface area contributed by atoms with Gasteiger partial charge in [0.25, 0.3) is 0 Å². The molecule has 2 aromatic rings. The van der Waals surface area contributed by atoms with Crippen LogP contribution in [0.3, 0.4) is 0 Å². The van der Waals surface area contributed by atoms with E-state index in [2.05, 4.69) is 29.4 Å². The summed E-state index contributed by atoms with van der Waals surface area (Å²) < 4.78 is 18.8. The van der Waals surface area contributed by atoms with Crippen LogP contribution in [-0.2, 0) is 4.79 Å². The van der Waals surface area contributed by atoms with Crippen molar-refractivity contribution in [2.24, 2.45) is 11.8 Å². The quantitative estimate of drug-likeness (QED) is 0.826. The SMILES string of the molecule is Cc1nnc(C(CC(C)C)NC(=O)C(c2ccc(F)cc2)C2CC2)o1. The molecule has 1 aliphatic carbocycles. The van der Waals surface area contributed by atoms with Crippen molar-refractivity contribution in [2.75, 3.05) is 0 Å². The molecule has 0 bridgehead atoms. The Labute approximate surface area is 147 Å². The molecule has 0 saturated heterocycles. The number of hydrogen-bond acceptors (Lipinski definition) is 4. The van der Waals surface area contributed by atoms with Gasteiger partial charge in [-0.1, -0.05) is 26.0 Å². The van der Waals surface area contributed by atoms with Crippen LogP contribution in [0.2, 0.25) is 0 Å². The molecule has 3 rings (SSSR count). The molecule has 6 heteroatoms. The smallest absolute Gasteiger partial charge is 0.238 e. The van der Waals surface area contributed by atoms with Gasteiger partial charge in [0.1, 0.15) is 11.9 Å². The standard InChI is InChI=1S/C19H24FN3O2/c1-11(2)10-16(19-23-22-12(3)25-19)21-18(24)17(13-4-5-13)14-6-8-15(20)9-7-14/h6-9,11,13,16-17H,4-5,10H2,1-3H3,(H,21,24). The highest BCUT2D eigenvalue weighted by Crippen LogP contribution is 2.43. The van der Waals surface area contributed by atoms with Gasteiger partial charge in [0.05, 0.1) is 5.92 Å². The number of carbonyl (C=O) groups is 1. The van der Waals surface area contributed by atoms with Crippen LogP contribution in [0, 0.1) is 24.6 Å². The van der Waals surface area contributed by atoms with E-state index in [1.165, 1.54) is 12.1 Å². The van der Waals surface area contributed by atoms with Crippen LogP contribution in [-0.4, -0.2) is 16.1 Å². The van der Waals surface area contributed by atoms with Gasteiger partial charge in [0.2, 0.25) is 17.7 Å². The maximum Gasteiger partial charge on any atom is 0.238 e. The maximum atomic E-state index is 13.2. The van der Waals surface area contributed by atoms with Gasteiger partial charge in [-0.2, -0.15) is 0 Å². The van der Waals surface area contributed by atoms with Gasteiger partial charge < -0.3 is 9.73 Å². The molecule has 5 nitrogen and oxygen atoms in total. The third-order valence-electron chi connectivity index (χ3n) is 4.47. The van der Waals surface area contributed by atoms with Crippen molar-refractivity contribution in [1.29, 1.82) is 0 Å². The Bertz CT molecular complexity index is 723. The van der Waals surface area contributed by atoms with Gasteiger partial charge in [0, 0.05) is 6.92 Å². The molecule has 0 radical (unpaired) electrons. The Morgan fingerprint density at radius 1 is 1.28 bits per heavy atom. The molecule has 1 aromatic heterocycles. The minimum Gasteiger partial charge on any atom is -0.423 e. The van der Waals surface area contributed by atoms with Crippen LogP contribution in [0.4, 0.5) is 4.39 Å². The summed E-state index contributed by atoms with van der Waals surface area (Å²) in [6, 6.07) is 5.91. The lowest BCUT2D eigenvalue weighted by atomic mass is 9.92. The first-order chi connectivity index (χ1) is 11.9. The zero-order valence-electron chi connectivity index (χ0n) is 14.8. The van der Waals surface area contributed by atoms with Crippen molar-refractivity contribution in [2.45, 2.75) is 52.0 Å². The van der Waals surface area contributed by atoms with Gasteiger partial charge in [0.15, 0.2) is 0 Å². The van der Waals surface area contributed by atoms with Crippen LogP contribution >= 0.6 is 0 Å². The number of hydrogen-bond donors (Lipinski definition) is 1. The molecule has 2 atom stereocenters.